The van der Waals surface area contributed by atoms with Crippen molar-refractivity contribution in [2.45, 2.75) is 24.9 Å². The van der Waals surface area contributed by atoms with Crippen LogP contribution in [0.25, 0.3) is 33.5 Å². The van der Waals surface area contributed by atoms with E-state index in [4.69, 9.17) is 4.74 Å². The number of fused-ring (bicyclic) bond motifs is 3. The van der Waals surface area contributed by atoms with Gasteiger partial charge in [0.1, 0.15) is 5.69 Å². The fourth-order valence-electron chi connectivity index (χ4n) is 7.65. The van der Waals surface area contributed by atoms with Gasteiger partial charge in [-0.25, -0.2) is 15.0 Å². The molecule has 3 atom stereocenters. The molecule has 2 N–H and O–H groups in total. The number of ether oxygens (including phenoxy) is 1. The van der Waals surface area contributed by atoms with E-state index in [1.165, 1.54) is 12.3 Å². The second-order valence-corrected chi connectivity index (χ2v) is 13.2. The molecule has 3 aromatic heterocycles. The van der Waals surface area contributed by atoms with Gasteiger partial charge < -0.3 is 19.9 Å². The van der Waals surface area contributed by atoms with Crippen LogP contribution in [0, 0.1) is 11.4 Å². The van der Waals surface area contributed by atoms with E-state index in [1.807, 2.05) is 35.2 Å². The SMILES string of the molecule is COC[C@@]1(C(=O)Nc2ccc3[nH]nc(-c4ccc(F)nc4)c3c2)CCN(CC(=O)N2C[C@@H]3C[C@H]2CN3c2ccc(-c3ncccn3)cc2)C1. The molecule has 0 saturated carbocycles. The number of benzene rings is 2. The Kier molecular flexibility index (Phi) is 8.00. The molecular formula is C36H36FN9O3. The monoisotopic (exact) mass is 661 g/mol. The summed E-state index contributed by atoms with van der Waals surface area (Å²) in [6.45, 7) is 3.04. The van der Waals surface area contributed by atoms with Gasteiger partial charge in [0, 0.05) is 79.3 Å². The molecule has 2 bridgehead atoms. The van der Waals surface area contributed by atoms with Crippen LogP contribution in [0.5, 0.6) is 0 Å². The second-order valence-electron chi connectivity index (χ2n) is 13.2. The van der Waals surface area contributed by atoms with E-state index < -0.39 is 11.4 Å². The number of nitrogens with zero attached hydrogens (tertiary/aromatic N) is 7. The highest BCUT2D eigenvalue weighted by Gasteiger charge is 2.48. The molecule has 0 unspecified atom stereocenters. The van der Waals surface area contributed by atoms with E-state index in [-0.39, 0.29) is 37.0 Å². The smallest absolute Gasteiger partial charge is 0.237 e. The number of aromatic amines is 1. The van der Waals surface area contributed by atoms with Crippen molar-refractivity contribution >= 4 is 34.1 Å². The summed E-state index contributed by atoms with van der Waals surface area (Å²) in [5, 5.41) is 11.2. The summed E-state index contributed by atoms with van der Waals surface area (Å²) in [5.74, 6) is 0.0844. The Balaban J connectivity index is 0.896. The molecule has 3 saturated heterocycles. The number of hydrogen-bond acceptors (Lipinski definition) is 9. The number of likely N-dealkylation sites (tertiary alicyclic amines) is 2. The van der Waals surface area contributed by atoms with Gasteiger partial charge in [0.2, 0.25) is 17.8 Å². The van der Waals surface area contributed by atoms with Crippen molar-refractivity contribution in [1.82, 2.24) is 34.9 Å². The number of carbonyl (C=O) groups is 2. The van der Waals surface area contributed by atoms with Gasteiger partial charge in [-0.15, -0.1) is 0 Å². The fourth-order valence-corrected chi connectivity index (χ4v) is 7.65. The van der Waals surface area contributed by atoms with Gasteiger partial charge in [0.25, 0.3) is 0 Å². The first-order valence-corrected chi connectivity index (χ1v) is 16.5. The van der Waals surface area contributed by atoms with Crippen LogP contribution >= 0.6 is 0 Å². The molecule has 3 aliphatic rings. The first-order chi connectivity index (χ1) is 23.9. The molecule has 0 radical (unpaired) electrons. The summed E-state index contributed by atoms with van der Waals surface area (Å²) in [6.07, 6.45) is 6.44. The summed E-state index contributed by atoms with van der Waals surface area (Å²) in [7, 11) is 1.60. The summed E-state index contributed by atoms with van der Waals surface area (Å²) in [4.78, 5) is 46.4. The molecule has 12 nitrogen and oxygen atoms in total. The number of anilines is 2. The third-order valence-corrected chi connectivity index (χ3v) is 10.1. The Morgan fingerprint density at radius 3 is 2.57 bits per heavy atom. The molecule has 3 fully saturated rings. The lowest BCUT2D eigenvalue weighted by atomic mass is 9.87. The minimum Gasteiger partial charge on any atom is -0.384 e. The topological polar surface area (TPSA) is 132 Å². The van der Waals surface area contributed by atoms with Gasteiger partial charge in [-0.1, -0.05) is 0 Å². The minimum absolute atomic E-state index is 0.102. The van der Waals surface area contributed by atoms with Crippen molar-refractivity contribution in [3.63, 3.8) is 0 Å². The first kappa shape index (κ1) is 31.0. The predicted molar refractivity (Wildman–Crippen MR) is 182 cm³/mol. The van der Waals surface area contributed by atoms with Crippen molar-refractivity contribution in [2.24, 2.45) is 5.41 Å². The third-order valence-electron chi connectivity index (χ3n) is 10.1. The zero-order valence-corrected chi connectivity index (χ0v) is 27.1. The van der Waals surface area contributed by atoms with E-state index in [0.717, 1.165) is 35.1 Å². The normalized spacial score (nSPS) is 21.9. The van der Waals surface area contributed by atoms with E-state index in [1.54, 1.807) is 31.6 Å². The van der Waals surface area contributed by atoms with Crippen LogP contribution in [0.15, 0.2) is 79.3 Å². The van der Waals surface area contributed by atoms with Gasteiger partial charge in [-0.2, -0.15) is 9.49 Å². The van der Waals surface area contributed by atoms with Crippen LogP contribution < -0.4 is 10.2 Å². The van der Waals surface area contributed by atoms with Crippen LogP contribution in [0.2, 0.25) is 0 Å². The van der Waals surface area contributed by atoms with Crippen molar-refractivity contribution < 1.29 is 18.7 Å². The molecule has 0 aliphatic carbocycles. The maximum atomic E-state index is 13.9. The zero-order chi connectivity index (χ0) is 33.5. The maximum absolute atomic E-state index is 13.9. The number of aromatic nitrogens is 5. The summed E-state index contributed by atoms with van der Waals surface area (Å²) < 4.78 is 19.0. The summed E-state index contributed by atoms with van der Waals surface area (Å²) in [6, 6.07) is 19.0. The Morgan fingerprint density at radius 1 is 1.02 bits per heavy atom. The third kappa shape index (κ3) is 5.89. The van der Waals surface area contributed by atoms with Crippen LogP contribution in [0.1, 0.15) is 12.8 Å². The molecule has 250 valence electrons. The number of piperazine rings is 1. The van der Waals surface area contributed by atoms with Crippen molar-refractivity contribution in [2.75, 3.05) is 56.7 Å². The molecule has 0 spiro atoms. The molecule has 49 heavy (non-hydrogen) atoms. The van der Waals surface area contributed by atoms with Crippen LogP contribution in [0.3, 0.4) is 0 Å². The number of amides is 2. The average Bonchev–Trinajstić information content (AvgIpc) is 3.93. The Morgan fingerprint density at radius 2 is 1.84 bits per heavy atom. The largest absolute Gasteiger partial charge is 0.384 e. The number of halogens is 1. The van der Waals surface area contributed by atoms with E-state index in [9.17, 15) is 14.0 Å². The zero-order valence-electron chi connectivity index (χ0n) is 27.1. The van der Waals surface area contributed by atoms with Gasteiger partial charge in [0.15, 0.2) is 5.82 Å². The lowest BCUT2D eigenvalue weighted by Crippen LogP contribution is -2.51. The molecule has 2 aromatic carbocycles. The highest BCUT2D eigenvalue weighted by atomic mass is 19.1. The molecule has 3 aliphatic heterocycles. The lowest BCUT2D eigenvalue weighted by Gasteiger charge is -2.36. The van der Waals surface area contributed by atoms with Crippen molar-refractivity contribution in [3.05, 3.63) is 85.2 Å². The van der Waals surface area contributed by atoms with Crippen LogP contribution in [0.4, 0.5) is 15.8 Å². The molecule has 5 aromatic rings. The van der Waals surface area contributed by atoms with E-state index in [0.29, 0.717) is 48.8 Å². The Hall–Kier alpha value is -5.27. The Labute approximate surface area is 282 Å². The number of pyridine rings is 1. The maximum Gasteiger partial charge on any atom is 0.237 e. The minimum atomic E-state index is -0.804. The first-order valence-electron chi connectivity index (χ1n) is 16.5. The molecular weight excluding hydrogens is 625 g/mol. The van der Waals surface area contributed by atoms with Gasteiger partial charge >= 0.3 is 0 Å². The molecule has 8 rings (SSSR count). The van der Waals surface area contributed by atoms with Gasteiger partial charge in [-0.05, 0) is 80.1 Å². The lowest BCUT2D eigenvalue weighted by molar-refractivity contribution is -0.134. The van der Waals surface area contributed by atoms with E-state index in [2.05, 4.69) is 52.4 Å². The quantitative estimate of drug-likeness (QED) is 0.225. The Bertz CT molecular complexity index is 1990. The number of methoxy groups -OCH3 is 1. The standard InChI is InChI=1S/C36H36FN9O3/c1-49-22-36(35(48)41-25-6-9-30-29(15-25)33(43-42-30)24-5-10-31(37)40-17-24)11-14-44(21-36)20-32(47)46-19-27-16-28(46)18-45(27)26-7-3-23(4-8-26)34-38-12-2-13-39-34/h2-10,12-13,15,17,27-28H,11,14,16,18-22H2,1H3,(H,41,48)(H,42,43)/t27-,28-,36+/m0/s1. The van der Waals surface area contributed by atoms with Gasteiger partial charge in [0.05, 0.1) is 30.1 Å². The number of H-pyrrole nitrogens is 1. The fraction of sp³-hybridized carbons (Fsp3) is 0.333. The predicted octanol–water partition coefficient (Wildman–Crippen LogP) is 3.99. The molecule has 2 amide bonds. The number of carbonyl (C=O) groups excluding carboxylic acids is 2. The van der Waals surface area contributed by atoms with Crippen LogP contribution in [-0.4, -0.2) is 105 Å². The highest BCUT2D eigenvalue weighted by Crippen LogP contribution is 2.37. The number of rotatable bonds is 9. The number of hydrogen-bond donors (Lipinski definition) is 2. The van der Waals surface area contributed by atoms with E-state index >= 15 is 0 Å². The summed E-state index contributed by atoms with van der Waals surface area (Å²) >= 11 is 0. The van der Waals surface area contributed by atoms with Crippen molar-refractivity contribution in [1.29, 1.82) is 0 Å². The van der Waals surface area contributed by atoms with Gasteiger partial charge in [-0.3, -0.25) is 19.6 Å². The second kappa shape index (κ2) is 12.6. The van der Waals surface area contributed by atoms with Crippen molar-refractivity contribution in [3.8, 4) is 22.6 Å². The summed E-state index contributed by atoms with van der Waals surface area (Å²) in [5.41, 5.74) is 3.99. The molecule has 13 heteroatoms. The average molecular weight is 662 g/mol. The molecule has 6 heterocycles. The highest BCUT2D eigenvalue weighted by molar-refractivity contribution is 6.00. The number of nitrogens with one attached hydrogen (secondary N) is 2. The van der Waals surface area contributed by atoms with Crippen LogP contribution in [-0.2, 0) is 14.3 Å².